The number of likely N-dealkylation sites (tertiary alicyclic amines) is 1. The van der Waals surface area contributed by atoms with Gasteiger partial charge < -0.3 is 14.4 Å². The minimum absolute atomic E-state index is 0.142. The second kappa shape index (κ2) is 10.4. The molecule has 1 aliphatic rings. The highest BCUT2D eigenvalue weighted by Gasteiger charge is 2.31. The number of thioether (sulfide) groups is 1. The van der Waals surface area contributed by atoms with Crippen molar-refractivity contribution in [3.05, 3.63) is 95.6 Å². The van der Waals surface area contributed by atoms with E-state index in [9.17, 15) is 9.59 Å². The van der Waals surface area contributed by atoms with E-state index in [1.807, 2.05) is 71.6 Å². The fraction of sp³-hybridized carbons (Fsp3) is 0.231. The van der Waals surface area contributed by atoms with Gasteiger partial charge in [0.25, 0.3) is 0 Å². The minimum Gasteiger partial charge on any atom is -0.465 e. The lowest BCUT2D eigenvalue weighted by Gasteiger charge is -2.24. The van der Waals surface area contributed by atoms with Gasteiger partial charge in [-0.1, -0.05) is 42.5 Å². The molecule has 6 heteroatoms. The molecule has 1 unspecified atom stereocenters. The maximum Gasteiger partial charge on any atom is 0.337 e. The molecule has 0 aromatic heterocycles. The van der Waals surface area contributed by atoms with Crippen LogP contribution in [0.3, 0.4) is 0 Å². The predicted octanol–water partition coefficient (Wildman–Crippen LogP) is 5.65. The number of amides is 1. The molecule has 32 heavy (non-hydrogen) atoms. The Kier molecular flexibility index (Phi) is 7.12. The molecule has 1 fully saturated rings. The number of benzene rings is 3. The van der Waals surface area contributed by atoms with Gasteiger partial charge in [0.15, 0.2) is 0 Å². The molecule has 164 valence electrons. The first kappa shape index (κ1) is 22.0. The van der Waals surface area contributed by atoms with E-state index in [4.69, 9.17) is 9.47 Å². The first-order valence-electron chi connectivity index (χ1n) is 10.5. The third-order valence-electron chi connectivity index (χ3n) is 5.35. The van der Waals surface area contributed by atoms with Crippen molar-refractivity contribution >= 4 is 23.6 Å². The van der Waals surface area contributed by atoms with Crippen LogP contribution in [0.25, 0.3) is 0 Å². The van der Waals surface area contributed by atoms with Crippen LogP contribution in [0.15, 0.2) is 78.9 Å². The Morgan fingerprint density at radius 2 is 1.59 bits per heavy atom. The van der Waals surface area contributed by atoms with E-state index in [-0.39, 0.29) is 17.3 Å². The molecule has 1 aliphatic heterocycles. The molecule has 1 saturated heterocycles. The monoisotopic (exact) mass is 447 g/mol. The average Bonchev–Trinajstić information content (AvgIpc) is 3.18. The number of para-hydroxylation sites is 1. The van der Waals surface area contributed by atoms with E-state index in [0.29, 0.717) is 18.5 Å². The predicted molar refractivity (Wildman–Crippen MR) is 126 cm³/mol. The summed E-state index contributed by atoms with van der Waals surface area (Å²) in [6.07, 6.45) is 1.42. The molecule has 0 saturated carbocycles. The third-order valence-corrected chi connectivity index (χ3v) is 6.72. The van der Waals surface area contributed by atoms with Crippen LogP contribution in [0, 0.1) is 0 Å². The lowest BCUT2D eigenvalue weighted by molar-refractivity contribution is -0.128. The first-order valence-corrected chi connectivity index (χ1v) is 11.6. The van der Waals surface area contributed by atoms with Gasteiger partial charge in [0, 0.05) is 18.7 Å². The van der Waals surface area contributed by atoms with Crippen LogP contribution in [0.1, 0.15) is 34.3 Å². The Morgan fingerprint density at radius 3 is 2.28 bits per heavy atom. The van der Waals surface area contributed by atoms with Crippen LogP contribution in [0.4, 0.5) is 0 Å². The summed E-state index contributed by atoms with van der Waals surface area (Å²) in [7, 11) is 1.38. The van der Waals surface area contributed by atoms with Gasteiger partial charge in [-0.25, -0.2) is 4.79 Å². The highest BCUT2D eigenvalue weighted by Crippen LogP contribution is 2.32. The molecule has 0 aliphatic carbocycles. The zero-order chi connectivity index (χ0) is 22.3. The molecule has 5 nitrogen and oxygen atoms in total. The van der Waals surface area contributed by atoms with Crippen molar-refractivity contribution in [1.29, 1.82) is 0 Å². The highest BCUT2D eigenvalue weighted by atomic mass is 32.2. The summed E-state index contributed by atoms with van der Waals surface area (Å²) in [4.78, 5) is 26.0. The molecule has 3 aromatic carbocycles. The number of carbonyl (C=O) groups excluding carboxylic acids is 2. The van der Waals surface area contributed by atoms with Crippen molar-refractivity contribution in [1.82, 2.24) is 4.90 Å². The largest absolute Gasteiger partial charge is 0.465 e. The second-order valence-corrected chi connectivity index (χ2v) is 8.74. The van der Waals surface area contributed by atoms with Crippen LogP contribution in [0.5, 0.6) is 11.5 Å². The molecule has 1 heterocycles. The number of rotatable bonds is 8. The van der Waals surface area contributed by atoms with Gasteiger partial charge in [0.1, 0.15) is 11.5 Å². The van der Waals surface area contributed by atoms with Gasteiger partial charge in [0.2, 0.25) is 5.91 Å². The van der Waals surface area contributed by atoms with Crippen LogP contribution < -0.4 is 4.74 Å². The molecule has 0 radical (unpaired) electrons. The van der Waals surface area contributed by atoms with Gasteiger partial charge in [-0.15, -0.1) is 11.8 Å². The quantitative estimate of drug-likeness (QED) is 0.418. The molecular formula is C26H25NO4S. The summed E-state index contributed by atoms with van der Waals surface area (Å²) in [6, 6.07) is 25.0. The van der Waals surface area contributed by atoms with E-state index in [1.54, 1.807) is 23.9 Å². The van der Waals surface area contributed by atoms with Gasteiger partial charge in [-0.3, -0.25) is 4.79 Å². The summed E-state index contributed by atoms with van der Waals surface area (Å²) < 4.78 is 10.6. The topological polar surface area (TPSA) is 55.8 Å². The van der Waals surface area contributed by atoms with Crippen LogP contribution >= 0.6 is 11.8 Å². The summed E-state index contributed by atoms with van der Waals surface area (Å²) in [5.74, 6) is 2.20. The Balaban J connectivity index is 1.34. The summed E-state index contributed by atoms with van der Waals surface area (Å²) in [6.45, 7) is 0.587. The molecule has 0 bridgehead atoms. The highest BCUT2D eigenvalue weighted by molar-refractivity contribution is 7.99. The number of carbonyl (C=O) groups is 2. The van der Waals surface area contributed by atoms with Gasteiger partial charge in [-0.2, -0.15) is 0 Å². The van der Waals surface area contributed by atoms with Crippen LogP contribution in [-0.4, -0.2) is 29.3 Å². The maximum absolute atomic E-state index is 12.5. The summed E-state index contributed by atoms with van der Waals surface area (Å²) >= 11 is 1.76. The first-order chi connectivity index (χ1) is 15.6. The van der Waals surface area contributed by atoms with Crippen molar-refractivity contribution in [3.63, 3.8) is 0 Å². The molecule has 4 rings (SSSR count). The lowest BCUT2D eigenvalue weighted by Crippen LogP contribution is -2.30. The number of ether oxygens (including phenoxy) is 2. The SMILES string of the molecule is COC(=O)c1ccc(CSC2CCC(=O)N2Cc2ccc(Oc3ccccc3)cc2)cc1. The molecule has 0 N–H and O–H groups in total. The van der Waals surface area contributed by atoms with Gasteiger partial charge in [0.05, 0.1) is 18.0 Å². The van der Waals surface area contributed by atoms with Gasteiger partial charge >= 0.3 is 5.97 Å². The van der Waals surface area contributed by atoms with E-state index in [0.717, 1.165) is 34.8 Å². The lowest BCUT2D eigenvalue weighted by atomic mass is 10.1. The van der Waals surface area contributed by atoms with E-state index >= 15 is 0 Å². The molecule has 0 spiro atoms. The number of hydrogen-bond acceptors (Lipinski definition) is 5. The summed E-state index contributed by atoms with van der Waals surface area (Å²) in [5.41, 5.74) is 2.73. The number of methoxy groups -OCH3 is 1. The van der Waals surface area contributed by atoms with Crippen molar-refractivity contribution < 1.29 is 19.1 Å². The van der Waals surface area contributed by atoms with Crippen molar-refractivity contribution in [2.24, 2.45) is 0 Å². The van der Waals surface area contributed by atoms with E-state index < -0.39 is 0 Å². The standard InChI is InChI=1S/C26H25NO4S/c1-30-26(29)21-11-7-20(8-12-21)18-32-25-16-15-24(28)27(25)17-19-9-13-23(14-10-19)31-22-5-3-2-4-6-22/h2-14,25H,15-18H2,1H3. The Hall–Kier alpha value is -3.25. The summed E-state index contributed by atoms with van der Waals surface area (Å²) in [5, 5.41) is 0.142. The molecule has 1 atom stereocenters. The smallest absolute Gasteiger partial charge is 0.337 e. The average molecular weight is 448 g/mol. The molecule has 3 aromatic rings. The number of esters is 1. The van der Waals surface area contributed by atoms with Crippen molar-refractivity contribution in [2.45, 2.75) is 30.5 Å². The Labute approximate surface area is 192 Å². The number of nitrogens with zero attached hydrogens (tertiary/aromatic N) is 1. The van der Waals surface area contributed by atoms with E-state index in [1.165, 1.54) is 7.11 Å². The van der Waals surface area contributed by atoms with Crippen LogP contribution in [0.2, 0.25) is 0 Å². The van der Waals surface area contributed by atoms with E-state index in [2.05, 4.69) is 0 Å². The Bertz CT molecular complexity index is 1050. The number of hydrogen-bond donors (Lipinski definition) is 0. The normalized spacial score (nSPS) is 15.6. The zero-order valence-corrected chi connectivity index (χ0v) is 18.7. The minimum atomic E-state index is -0.336. The van der Waals surface area contributed by atoms with Crippen LogP contribution in [-0.2, 0) is 21.8 Å². The van der Waals surface area contributed by atoms with Gasteiger partial charge in [-0.05, 0) is 53.9 Å². The maximum atomic E-state index is 12.5. The molecular weight excluding hydrogens is 422 g/mol. The molecule has 1 amide bonds. The Morgan fingerprint density at radius 1 is 0.938 bits per heavy atom. The second-order valence-electron chi connectivity index (χ2n) is 7.57. The third kappa shape index (κ3) is 5.51. The van der Waals surface area contributed by atoms with Crippen molar-refractivity contribution in [2.75, 3.05) is 7.11 Å². The fourth-order valence-corrected chi connectivity index (χ4v) is 4.84. The zero-order valence-electron chi connectivity index (χ0n) is 17.9. The van der Waals surface area contributed by atoms with Crippen molar-refractivity contribution in [3.8, 4) is 11.5 Å². The fourth-order valence-electron chi connectivity index (χ4n) is 3.60.